The normalized spacial score (nSPS) is 60.6. The number of aliphatic hydroxyl groups is 1. The Morgan fingerprint density at radius 2 is 2.25 bits per heavy atom. The average molecular weight is 138 g/mol. The lowest BCUT2D eigenvalue weighted by atomic mass is 10.6. The summed E-state index contributed by atoms with van der Waals surface area (Å²) in [5, 5.41) is 8.68. The monoisotopic (exact) mass is 138 g/mol. The van der Waals surface area contributed by atoms with Crippen LogP contribution in [0.2, 0.25) is 0 Å². The van der Waals surface area contributed by atoms with Crippen LogP contribution in [0.3, 0.4) is 0 Å². The molecule has 0 aromatic carbocycles. The van der Waals surface area contributed by atoms with E-state index < -0.39 is 13.8 Å². The molecule has 3 aliphatic rings. The third kappa shape index (κ3) is 0.429. The Labute approximate surface area is 44.8 Å². The highest BCUT2D eigenvalue weighted by atomic mass is 31.2. The zero-order valence-electron chi connectivity index (χ0n) is 3.73. The van der Waals surface area contributed by atoms with Crippen molar-refractivity contribution in [1.29, 1.82) is 0 Å². The molecule has 0 amide bonds. The first kappa shape index (κ1) is 4.90. The number of phosphoric ester groups is 1. The molecule has 0 aliphatic carbocycles. The van der Waals surface area contributed by atoms with E-state index in [0.29, 0.717) is 0 Å². The van der Waals surface area contributed by atoms with Gasteiger partial charge in [0.2, 0.25) is 0 Å². The van der Waals surface area contributed by atoms with Crippen LogP contribution in [-0.2, 0) is 18.1 Å². The van der Waals surface area contributed by atoms with Gasteiger partial charge in [-0.05, 0) is 0 Å². The molecule has 5 nitrogen and oxygen atoms in total. The van der Waals surface area contributed by atoms with Crippen LogP contribution in [0.4, 0.5) is 0 Å². The molecule has 46 valence electrons. The second-order valence-corrected chi connectivity index (χ2v) is 3.13. The zero-order valence-corrected chi connectivity index (χ0v) is 4.63. The minimum Gasteiger partial charge on any atom is -0.341 e. The van der Waals surface area contributed by atoms with Crippen molar-refractivity contribution < 1.29 is 23.2 Å². The van der Waals surface area contributed by atoms with E-state index in [0.717, 1.165) is 0 Å². The second-order valence-electron chi connectivity index (χ2n) is 1.62. The predicted molar refractivity (Wildman–Crippen MR) is 20.7 cm³/mol. The van der Waals surface area contributed by atoms with Crippen molar-refractivity contribution in [2.75, 3.05) is 6.61 Å². The molecule has 3 saturated heterocycles. The van der Waals surface area contributed by atoms with E-state index in [1.165, 1.54) is 0 Å². The Balaban J connectivity index is 2.34. The van der Waals surface area contributed by atoms with Gasteiger partial charge in [-0.15, -0.1) is 0 Å². The minimum atomic E-state index is -3.22. The maximum Gasteiger partial charge on any atom is 0.484 e. The molecular formula is C2H3O5P. The molecule has 3 heterocycles. The average Bonchev–Trinajstić information content (AvgIpc) is 1.88. The van der Waals surface area contributed by atoms with Crippen LogP contribution in [0, 0.1) is 0 Å². The summed E-state index contributed by atoms with van der Waals surface area (Å²) in [4.78, 5) is 0. The summed E-state index contributed by atoms with van der Waals surface area (Å²) < 4.78 is 23.4. The molecule has 0 aromatic rings. The fraction of sp³-hybridized carbons (Fsp3) is 1.00. The van der Waals surface area contributed by atoms with Gasteiger partial charge in [0.15, 0.2) is 0 Å². The van der Waals surface area contributed by atoms with Crippen molar-refractivity contribution in [2.45, 2.75) is 5.97 Å². The van der Waals surface area contributed by atoms with Crippen LogP contribution >= 0.6 is 7.82 Å². The molecule has 0 saturated carbocycles. The van der Waals surface area contributed by atoms with Gasteiger partial charge in [0, 0.05) is 0 Å². The van der Waals surface area contributed by atoms with Gasteiger partial charge in [0.1, 0.15) is 6.61 Å². The molecule has 8 heavy (non-hydrogen) atoms. The summed E-state index contributed by atoms with van der Waals surface area (Å²) >= 11 is 0. The molecule has 0 aromatic heterocycles. The largest absolute Gasteiger partial charge is 0.484 e. The number of rotatable bonds is 0. The molecule has 0 atom stereocenters. The van der Waals surface area contributed by atoms with Crippen LogP contribution < -0.4 is 0 Å². The van der Waals surface area contributed by atoms with Crippen molar-refractivity contribution in [3.63, 3.8) is 0 Å². The summed E-state index contributed by atoms with van der Waals surface area (Å²) in [6.07, 6.45) is 0. The van der Waals surface area contributed by atoms with Crippen molar-refractivity contribution in [3.05, 3.63) is 0 Å². The Bertz CT molecular complexity index is 165. The highest BCUT2D eigenvalue weighted by molar-refractivity contribution is 7.50. The smallest absolute Gasteiger partial charge is 0.341 e. The van der Waals surface area contributed by atoms with E-state index in [1.807, 2.05) is 0 Å². The van der Waals surface area contributed by atoms with E-state index in [-0.39, 0.29) is 6.61 Å². The SMILES string of the molecule is O=P12OCC(O)(O1)O2. The summed E-state index contributed by atoms with van der Waals surface area (Å²) in [5.41, 5.74) is 0. The Hall–Kier alpha value is 0.0700. The molecule has 3 rings (SSSR count). The zero-order chi connectivity index (χ0) is 5.83. The van der Waals surface area contributed by atoms with Gasteiger partial charge < -0.3 is 5.11 Å². The summed E-state index contributed by atoms with van der Waals surface area (Å²) in [6, 6.07) is 0. The Kier molecular flexibility index (Phi) is 0.618. The topological polar surface area (TPSA) is 65.0 Å². The van der Waals surface area contributed by atoms with Crippen LogP contribution in [0.25, 0.3) is 0 Å². The van der Waals surface area contributed by atoms with E-state index >= 15 is 0 Å². The first-order chi connectivity index (χ1) is 3.62. The molecule has 6 heteroatoms. The van der Waals surface area contributed by atoms with Gasteiger partial charge in [0.05, 0.1) is 0 Å². The lowest BCUT2D eigenvalue weighted by Gasteiger charge is -2.27. The van der Waals surface area contributed by atoms with E-state index in [2.05, 4.69) is 13.6 Å². The highest BCUT2D eigenvalue weighted by Crippen LogP contribution is 2.70. The van der Waals surface area contributed by atoms with Crippen LogP contribution in [-0.4, -0.2) is 17.7 Å². The maximum absolute atomic E-state index is 10.5. The highest BCUT2D eigenvalue weighted by Gasteiger charge is 2.65. The molecule has 2 bridgehead atoms. The summed E-state index contributed by atoms with van der Waals surface area (Å²) in [7, 11) is -3.22. The van der Waals surface area contributed by atoms with Gasteiger partial charge in [0.25, 0.3) is 0 Å². The fourth-order valence-corrected chi connectivity index (χ4v) is 1.87. The lowest BCUT2D eigenvalue weighted by molar-refractivity contribution is -0.306. The first-order valence-corrected chi connectivity index (χ1v) is 3.46. The standard InChI is InChI=1S/C2H3O5P/c3-2-1-5-8(4,6-2)7-2/h3H,1H2. The van der Waals surface area contributed by atoms with Crippen molar-refractivity contribution in [3.8, 4) is 0 Å². The second kappa shape index (κ2) is 1.01. The number of phosphoric acid groups is 1. The van der Waals surface area contributed by atoms with E-state index in [4.69, 9.17) is 5.11 Å². The Morgan fingerprint density at radius 3 is 2.38 bits per heavy atom. The fourth-order valence-electron chi connectivity index (χ4n) is 0.622. The van der Waals surface area contributed by atoms with Gasteiger partial charge in [-0.1, -0.05) is 0 Å². The Morgan fingerprint density at radius 1 is 1.62 bits per heavy atom. The molecule has 3 fully saturated rings. The molecule has 3 aliphatic heterocycles. The minimum absolute atomic E-state index is 0.149. The first-order valence-electron chi connectivity index (χ1n) is 2.00. The van der Waals surface area contributed by atoms with Crippen LogP contribution in [0.1, 0.15) is 0 Å². The number of fused-ring (bicyclic) bond motifs is 1. The van der Waals surface area contributed by atoms with Crippen molar-refractivity contribution in [1.82, 2.24) is 0 Å². The molecule has 0 radical (unpaired) electrons. The molecule has 0 spiro atoms. The lowest BCUT2D eigenvalue weighted by Crippen LogP contribution is -2.37. The van der Waals surface area contributed by atoms with Crippen LogP contribution in [0.15, 0.2) is 0 Å². The molecule has 1 N–H and O–H groups in total. The quantitative estimate of drug-likeness (QED) is 0.470. The van der Waals surface area contributed by atoms with Gasteiger partial charge in [-0.2, -0.15) is 0 Å². The van der Waals surface area contributed by atoms with Crippen LogP contribution in [0.5, 0.6) is 0 Å². The number of hydrogen-bond donors (Lipinski definition) is 1. The maximum atomic E-state index is 10.5. The third-order valence-corrected chi connectivity index (χ3v) is 2.38. The molecular weight excluding hydrogens is 135 g/mol. The van der Waals surface area contributed by atoms with E-state index in [1.54, 1.807) is 0 Å². The molecule has 0 unspecified atom stereocenters. The van der Waals surface area contributed by atoms with Crippen molar-refractivity contribution in [2.24, 2.45) is 0 Å². The van der Waals surface area contributed by atoms with E-state index in [9.17, 15) is 4.57 Å². The van der Waals surface area contributed by atoms with Gasteiger partial charge >= 0.3 is 13.8 Å². The summed E-state index contributed by atoms with van der Waals surface area (Å²) in [6.45, 7) is -0.149. The summed E-state index contributed by atoms with van der Waals surface area (Å²) in [5.74, 6) is -1.68. The van der Waals surface area contributed by atoms with Gasteiger partial charge in [-0.3, -0.25) is 4.52 Å². The van der Waals surface area contributed by atoms with Gasteiger partial charge in [-0.25, -0.2) is 13.6 Å². The number of hydrogen-bond acceptors (Lipinski definition) is 5. The van der Waals surface area contributed by atoms with Crippen molar-refractivity contribution >= 4 is 7.82 Å². The predicted octanol–water partition coefficient (Wildman–Crippen LogP) is -0.182. The third-order valence-electron chi connectivity index (χ3n) is 0.914.